The van der Waals surface area contributed by atoms with E-state index in [4.69, 9.17) is 16.9 Å². The summed E-state index contributed by atoms with van der Waals surface area (Å²) in [6.07, 6.45) is -4.82. The second-order valence-electron chi connectivity index (χ2n) is 6.45. The van der Waals surface area contributed by atoms with Crippen LogP contribution in [0.15, 0.2) is 23.1 Å². The Hall–Kier alpha value is -1.30. The van der Waals surface area contributed by atoms with Crippen LogP contribution in [-0.2, 0) is 16.2 Å². The molecule has 0 atom stereocenters. The van der Waals surface area contributed by atoms with E-state index in [1.807, 2.05) is 6.07 Å². The van der Waals surface area contributed by atoms with Gasteiger partial charge in [0.2, 0.25) is 10.0 Å². The van der Waals surface area contributed by atoms with Crippen LogP contribution in [0, 0.1) is 16.7 Å². The quantitative estimate of drug-likeness (QED) is 0.762. The summed E-state index contributed by atoms with van der Waals surface area (Å²) in [7, 11) is -4.18. The smallest absolute Gasteiger partial charge is 0.207 e. The molecule has 0 saturated heterocycles. The van der Waals surface area contributed by atoms with Crippen LogP contribution in [0.3, 0.4) is 0 Å². The third kappa shape index (κ3) is 5.36. The lowest BCUT2D eigenvalue weighted by Crippen LogP contribution is -2.38. The Bertz CT molecular complexity index is 735. The van der Waals surface area contributed by atoms with Crippen molar-refractivity contribution in [2.45, 2.75) is 38.3 Å². The van der Waals surface area contributed by atoms with Crippen LogP contribution in [-0.4, -0.2) is 25.8 Å². The van der Waals surface area contributed by atoms with Gasteiger partial charge in [0, 0.05) is 19.5 Å². The average Bonchev–Trinajstić information content (AvgIpc) is 2.41. The van der Waals surface area contributed by atoms with Gasteiger partial charge in [0.25, 0.3) is 0 Å². The maximum atomic E-state index is 13.0. The Morgan fingerprint density at radius 2 is 1.83 bits per heavy atom. The first-order chi connectivity index (χ1) is 10.8. The van der Waals surface area contributed by atoms with Crippen LogP contribution in [0.4, 0.5) is 13.2 Å². The molecule has 134 valence electrons. The summed E-state index contributed by atoms with van der Waals surface area (Å²) < 4.78 is 65.3. The number of halogens is 4. The minimum Gasteiger partial charge on any atom is -0.207 e. The van der Waals surface area contributed by atoms with Crippen LogP contribution < -0.4 is 0 Å². The van der Waals surface area contributed by atoms with E-state index in [0.29, 0.717) is 6.07 Å². The van der Waals surface area contributed by atoms with Gasteiger partial charge in [0.1, 0.15) is 0 Å². The number of sulfonamides is 1. The van der Waals surface area contributed by atoms with Crippen molar-refractivity contribution in [1.29, 1.82) is 5.26 Å². The van der Waals surface area contributed by atoms with Gasteiger partial charge in [-0.05, 0) is 23.6 Å². The predicted octanol–water partition coefficient (Wildman–Crippen LogP) is 4.31. The van der Waals surface area contributed by atoms with Crippen LogP contribution in [0.2, 0.25) is 5.02 Å². The summed E-state index contributed by atoms with van der Waals surface area (Å²) in [5.41, 5.74) is -1.64. The molecule has 0 radical (unpaired) electrons. The fraction of sp³-hybridized carbons (Fsp3) is 0.533. The fourth-order valence-corrected chi connectivity index (χ4v) is 3.94. The largest absolute Gasteiger partial charge is 0.417 e. The summed E-state index contributed by atoms with van der Waals surface area (Å²) in [5.74, 6) is 0. The number of nitrogens with zero attached hydrogens (tertiary/aromatic N) is 2. The Labute approximate surface area is 144 Å². The van der Waals surface area contributed by atoms with Crippen molar-refractivity contribution in [1.82, 2.24) is 4.31 Å². The van der Waals surface area contributed by atoms with Crippen molar-refractivity contribution in [2.24, 2.45) is 5.41 Å². The van der Waals surface area contributed by atoms with Gasteiger partial charge >= 0.3 is 6.18 Å². The molecular formula is C15H18ClF3N2O2S. The summed E-state index contributed by atoms with van der Waals surface area (Å²) in [6.45, 7) is 5.36. The monoisotopic (exact) mass is 382 g/mol. The molecule has 0 spiro atoms. The van der Waals surface area contributed by atoms with E-state index in [1.54, 1.807) is 20.8 Å². The zero-order valence-electron chi connectivity index (χ0n) is 13.5. The summed E-state index contributed by atoms with van der Waals surface area (Å²) in [5, 5.41) is 8.13. The van der Waals surface area contributed by atoms with E-state index in [0.717, 1.165) is 16.4 Å². The molecule has 0 aliphatic rings. The number of benzene rings is 1. The lowest BCUT2D eigenvalue weighted by molar-refractivity contribution is -0.137. The average molecular weight is 383 g/mol. The standard InChI is InChI=1S/C15H18ClF3N2O2S/c1-14(2,3)10-21(8-4-7-20)24(22,23)11-5-6-13(16)12(9-11)15(17,18)19/h5-6,9H,4,8,10H2,1-3H3. The Balaban J connectivity index is 3.36. The van der Waals surface area contributed by atoms with Gasteiger partial charge in [-0.25, -0.2) is 8.42 Å². The van der Waals surface area contributed by atoms with Crippen molar-refractivity contribution < 1.29 is 21.6 Å². The molecule has 0 aliphatic heterocycles. The minimum atomic E-state index is -4.76. The maximum absolute atomic E-state index is 13.0. The minimum absolute atomic E-state index is 0.0605. The Morgan fingerprint density at radius 3 is 2.29 bits per heavy atom. The van der Waals surface area contributed by atoms with Gasteiger partial charge in [-0.3, -0.25) is 0 Å². The summed E-state index contributed by atoms with van der Waals surface area (Å²) in [6, 6.07) is 4.32. The van der Waals surface area contributed by atoms with Crippen molar-refractivity contribution in [2.75, 3.05) is 13.1 Å². The molecular weight excluding hydrogens is 365 g/mol. The molecule has 0 aromatic heterocycles. The third-order valence-electron chi connectivity index (χ3n) is 3.00. The Kier molecular flexibility index (Phi) is 6.31. The molecule has 0 N–H and O–H groups in total. The SMILES string of the molecule is CC(C)(C)CN(CCC#N)S(=O)(=O)c1ccc(Cl)c(C(F)(F)F)c1. The van der Waals surface area contributed by atoms with Crippen molar-refractivity contribution in [3.63, 3.8) is 0 Å². The molecule has 1 aromatic rings. The van der Waals surface area contributed by atoms with Crippen molar-refractivity contribution in [3.8, 4) is 6.07 Å². The molecule has 0 aliphatic carbocycles. The van der Waals surface area contributed by atoms with E-state index in [1.165, 1.54) is 0 Å². The lowest BCUT2D eigenvalue weighted by Gasteiger charge is -2.29. The number of hydrogen-bond donors (Lipinski definition) is 0. The van der Waals surface area contributed by atoms with E-state index in [2.05, 4.69) is 0 Å². The topological polar surface area (TPSA) is 61.2 Å². The van der Waals surface area contributed by atoms with E-state index in [9.17, 15) is 21.6 Å². The summed E-state index contributed by atoms with van der Waals surface area (Å²) >= 11 is 5.53. The normalized spacial score (nSPS) is 13.1. The van der Waals surface area contributed by atoms with E-state index < -0.39 is 37.1 Å². The third-order valence-corrected chi connectivity index (χ3v) is 5.18. The molecule has 0 heterocycles. The first-order valence-electron chi connectivity index (χ1n) is 7.03. The first-order valence-corrected chi connectivity index (χ1v) is 8.85. The van der Waals surface area contributed by atoms with Gasteiger partial charge < -0.3 is 0 Å². The number of hydrogen-bond acceptors (Lipinski definition) is 3. The second kappa shape index (κ2) is 7.30. The van der Waals surface area contributed by atoms with Crippen molar-refractivity contribution >= 4 is 21.6 Å². The van der Waals surface area contributed by atoms with E-state index >= 15 is 0 Å². The molecule has 0 saturated carbocycles. The molecule has 9 heteroatoms. The molecule has 0 amide bonds. The lowest BCUT2D eigenvalue weighted by atomic mass is 9.97. The van der Waals surface area contributed by atoms with Crippen LogP contribution >= 0.6 is 11.6 Å². The molecule has 1 aromatic carbocycles. The number of nitriles is 1. The highest BCUT2D eigenvalue weighted by Crippen LogP contribution is 2.36. The van der Waals surface area contributed by atoms with Gasteiger partial charge in [0.15, 0.2) is 0 Å². The fourth-order valence-electron chi connectivity index (χ4n) is 2.02. The van der Waals surface area contributed by atoms with Crippen LogP contribution in [0.25, 0.3) is 0 Å². The van der Waals surface area contributed by atoms with Crippen LogP contribution in [0.5, 0.6) is 0 Å². The second-order valence-corrected chi connectivity index (χ2v) is 8.79. The highest BCUT2D eigenvalue weighted by molar-refractivity contribution is 7.89. The zero-order chi connectivity index (χ0) is 18.8. The molecule has 0 unspecified atom stereocenters. The summed E-state index contributed by atoms with van der Waals surface area (Å²) in [4.78, 5) is -0.499. The first kappa shape index (κ1) is 20.7. The molecule has 0 fully saturated rings. The molecule has 0 bridgehead atoms. The molecule has 24 heavy (non-hydrogen) atoms. The van der Waals surface area contributed by atoms with Gasteiger partial charge in [0.05, 0.1) is 21.6 Å². The van der Waals surface area contributed by atoms with Gasteiger partial charge in [-0.15, -0.1) is 0 Å². The molecule has 4 nitrogen and oxygen atoms in total. The number of alkyl halides is 3. The van der Waals surface area contributed by atoms with E-state index in [-0.39, 0.29) is 19.5 Å². The molecule has 1 rings (SSSR count). The Morgan fingerprint density at radius 1 is 1.25 bits per heavy atom. The maximum Gasteiger partial charge on any atom is 0.417 e. The van der Waals surface area contributed by atoms with Crippen molar-refractivity contribution in [3.05, 3.63) is 28.8 Å². The van der Waals surface area contributed by atoms with Gasteiger partial charge in [-0.1, -0.05) is 32.4 Å². The zero-order valence-corrected chi connectivity index (χ0v) is 15.1. The predicted molar refractivity (Wildman–Crippen MR) is 84.9 cm³/mol. The van der Waals surface area contributed by atoms with Gasteiger partial charge in [-0.2, -0.15) is 22.7 Å². The number of rotatable bonds is 5. The van der Waals surface area contributed by atoms with Crippen LogP contribution in [0.1, 0.15) is 32.8 Å². The highest BCUT2D eigenvalue weighted by atomic mass is 35.5. The highest BCUT2D eigenvalue weighted by Gasteiger charge is 2.36.